The van der Waals surface area contributed by atoms with E-state index in [0.29, 0.717) is 48.3 Å². The van der Waals surface area contributed by atoms with Gasteiger partial charge >= 0.3 is 0 Å². The second-order valence-electron chi connectivity index (χ2n) is 9.04. The highest BCUT2D eigenvalue weighted by molar-refractivity contribution is 6.35. The highest BCUT2D eigenvalue weighted by atomic mass is 35.5. The van der Waals surface area contributed by atoms with Gasteiger partial charge in [0.05, 0.1) is 36.0 Å². The maximum atomic E-state index is 13.9. The van der Waals surface area contributed by atoms with Crippen LogP contribution in [0.15, 0.2) is 42.6 Å². The standard InChI is InChI=1S/C25H22ClFN6O2/c1-14-10-20-17(13-32(14)24(34)21-11-16-19(29-21)6-5-18(27)22(16)26)23-25(35)31(8-9-33(23)30-20)12-15-4-2-3-7-28-15/h2-7,11,14,29H,8-10,12-13H2,1H3/t14-/m1/s1. The Morgan fingerprint density at radius 2 is 2.11 bits per heavy atom. The van der Waals surface area contributed by atoms with Crippen LogP contribution < -0.4 is 0 Å². The number of halogens is 2. The average Bonchev–Trinajstić information content (AvgIpc) is 3.45. The van der Waals surface area contributed by atoms with Crippen molar-refractivity contribution >= 4 is 34.3 Å². The summed E-state index contributed by atoms with van der Waals surface area (Å²) >= 11 is 6.10. The first-order valence-electron chi connectivity index (χ1n) is 11.5. The van der Waals surface area contributed by atoms with E-state index in [1.54, 1.807) is 32.8 Å². The molecule has 35 heavy (non-hydrogen) atoms. The second-order valence-corrected chi connectivity index (χ2v) is 9.41. The van der Waals surface area contributed by atoms with Crippen molar-refractivity contribution in [3.8, 4) is 0 Å². The van der Waals surface area contributed by atoms with Crippen LogP contribution in [0, 0.1) is 5.82 Å². The Balaban J connectivity index is 1.30. The molecule has 0 spiro atoms. The van der Waals surface area contributed by atoms with E-state index < -0.39 is 5.82 Å². The van der Waals surface area contributed by atoms with Crippen LogP contribution in [0.25, 0.3) is 10.9 Å². The predicted molar refractivity (Wildman–Crippen MR) is 128 cm³/mol. The van der Waals surface area contributed by atoms with Crippen molar-refractivity contribution in [3.05, 3.63) is 81.8 Å². The topological polar surface area (TPSA) is 87.1 Å². The van der Waals surface area contributed by atoms with Crippen LogP contribution in [0.5, 0.6) is 0 Å². The van der Waals surface area contributed by atoms with Crippen LogP contribution >= 0.6 is 11.6 Å². The smallest absolute Gasteiger partial charge is 0.272 e. The number of aromatic nitrogens is 4. The number of aromatic amines is 1. The molecule has 1 aromatic carbocycles. The normalized spacial score (nSPS) is 17.6. The minimum Gasteiger partial charge on any atom is -0.350 e. The third-order valence-corrected chi connectivity index (χ3v) is 7.20. The molecular formula is C25H22ClFN6O2. The van der Waals surface area contributed by atoms with Gasteiger partial charge in [-0.1, -0.05) is 17.7 Å². The molecule has 0 aliphatic carbocycles. The molecule has 4 aromatic rings. The van der Waals surface area contributed by atoms with Crippen LogP contribution in [-0.2, 0) is 26.1 Å². The lowest BCUT2D eigenvalue weighted by Gasteiger charge is -2.33. The number of nitrogens with one attached hydrogen (secondary N) is 1. The molecular weight excluding hydrogens is 471 g/mol. The van der Waals surface area contributed by atoms with Gasteiger partial charge in [0.1, 0.15) is 17.2 Å². The predicted octanol–water partition coefficient (Wildman–Crippen LogP) is 3.79. The fraction of sp³-hybridized carbons (Fsp3) is 0.280. The highest BCUT2D eigenvalue weighted by Crippen LogP contribution is 2.32. The van der Waals surface area contributed by atoms with Gasteiger partial charge in [0.25, 0.3) is 11.8 Å². The molecule has 1 atom stereocenters. The maximum absolute atomic E-state index is 13.9. The van der Waals surface area contributed by atoms with Crippen LogP contribution in [0.3, 0.4) is 0 Å². The number of pyridine rings is 1. The van der Waals surface area contributed by atoms with Gasteiger partial charge in [-0.3, -0.25) is 19.3 Å². The summed E-state index contributed by atoms with van der Waals surface area (Å²) in [5.41, 5.74) is 3.91. The Morgan fingerprint density at radius 3 is 2.91 bits per heavy atom. The molecule has 10 heteroatoms. The first kappa shape index (κ1) is 21.8. The molecule has 2 aliphatic heterocycles. The molecule has 0 saturated carbocycles. The van der Waals surface area contributed by atoms with E-state index in [2.05, 4.69) is 9.97 Å². The summed E-state index contributed by atoms with van der Waals surface area (Å²) in [7, 11) is 0. The third-order valence-electron chi connectivity index (χ3n) is 6.82. The summed E-state index contributed by atoms with van der Waals surface area (Å²) in [6.45, 7) is 3.79. The number of hydrogen-bond donors (Lipinski definition) is 1. The molecule has 5 heterocycles. The van der Waals surface area contributed by atoms with Crippen molar-refractivity contribution in [1.29, 1.82) is 0 Å². The molecule has 0 radical (unpaired) electrons. The summed E-state index contributed by atoms with van der Waals surface area (Å²) in [4.78, 5) is 37.8. The van der Waals surface area contributed by atoms with E-state index in [1.165, 1.54) is 6.07 Å². The van der Waals surface area contributed by atoms with Crippen molar-refractivity contribution in [2.45, 2.75) is 39.0 Å². The highest BCUT2D eigenvalue weighted by Gasteiger charge is 2.37. The number of nitrogens with zero attached hydrogens (tertiary/aromatic N) is 5. The summed E-state index contributed by atoms with van der Waals surface area (Å²) in [6.07, 6.45) is 2.26. The molecule has 8 nitrogen and oxygen atoms in total. The Morgan fingerprint density at radius 1 is 1.26 bits per heavy atom. The molecule has 0 fully saturated rings. The lowest BCUT2D eigenvalue weighted by Crippen LogP contribution is -2.44. The summed E-state index contributed by atoms with van der Waals surface area (Å²) < 4.78 is 15.7. The summed E-state index contributed by atoms with van der Waals surface area (Å²) in [6, 6.07) is 9.94. The fourth-order valence-corrected chi connectivity index (χ4v) is 5.20. The molecule has 2 aliphatic rings. The van der Waals surface area contributed by atoms with E-state index in [9.17, 15) is 14.0 Å². The molecule has 6 rings (SSSR count). The summed E-state index contributed by atoms with van der Waals surface area (Å²) in [5, 5.41) is 5.15. The van der Waals surface area contributed by atoms with Crippen LogP contribution in [0.1, 0.15) is 44.9 Å². The SMILES string of the molecule is C[C@@H]1Cc2nn3c(c2CN1C(=O)c1cc2c(Cl)c(F)ccc2[nH]1)C(=O)N(Cc1ccccn1)CC3. The zero-order chi connectivity index (χ0) is 24.3. The molecule has 0 unspecified atom stereocenters. The van der Waals surface area contributed by atoms with Crippen molar-refractivity contribution in [3.63, 3.8) is 0 Å². The van der Waals surface area contributed by atoms with E-state index in [-0.39, 0.29) is 29.4 Å². The van der Waals surface area contributed by atoms with Gasteiger partial charge in [0.15, 0.2) is 0 Å². The molecule has 1 N–H and O–H groups in total. The van der Waals surface area contributed by atoms with Crippen LogP contribution in [0.2, 0.25) is 5.02 Å². The number of hydrogen-bond acceptors (Lipinski definition) is 4. The van der Waals surface area contributed by atoms with Gasteiger partial charge in [-0.05, 0) is 37.3 Å². The lowest BCUT2D eigenvalue weighted by molar-refractivity contribution is 0.0633. The first-order valence-corrected chi connectivity index (χ1v) is 11.8. The molecule has 2 amide bonds. The van der Waals surface area contributed by atoms with Gasteiger partial charge in [-0.2, -0.15) is 5.10 Å². The Bertz CT molecular complexity index is 1480. The zero-order valence-electron chi connectivity index (χ0n) is 19.0. The Kier molecular flexibility index (Phi) is 5.10. The van der Waals surface area contributed by atoms with Gasteiger partial charge in [-0.25, -0.2) is 4.39 Å². The third kappa shape index (κ3) is 3.58. The zero-order valence-corrected chi connectivity index (χ0v) is 19.7. The second kappa shape index (κ2) is 8.20. The Labute approximate surface area is 205 Å². The van der Waals surface area contributed by atoms with Crippen molar-refractivity contribution < 1.29 is 14.0 Å². The van der Waals surface area contributed by atoms with Gasteiger partial charge in [-0.15, -0.1) is 0 Å². The van der Waals surface area contributed by atoms with Crippen molar-refractivity contribution in [2.24, 2.45) is 0 Å². The number of fused-ring (bicyclic) bond motifs is 4. The van der Waals surface area contributed by atoms with E-state index >= 15 is 0 Å². The van der Waals surface area contributed by atoms with Gasteiger partial charge in [0.2, 0.25) is 0 Å². The fourth-order valence-electron chi connectivity index (χ4n) is 4.98. The molecule has 0 bridgehead atoms. The monoisotopic (exact) mass is 492 g/mol. The minimum absolute atomic E-state index is 0.0175. The van der Waals surface area contributed by atoms with E-state index in [0.717, 1.165) is 17.0 Å². The average molecular weight is 493 g/mol. The Hall–Kier alpha value is -3.72. The number of H-pyrrole nitrogens is 1. The number of amides is 2. The van der Waals surface area contributed by atoms with Crippen molar-refractivity contribution in [1.82, 2.24) is 29.5 Å². The number of carbonyl (C=O) groups excluding carboxylic acids is 2. The summed E-state index contributed by atoms with van der Waals surface area (Å²) in [5.74, 6) is -0.872. The van der Waals surface area contributed by atoms with Crippen molar-refractivity contribution in [2.75, 3.05) is 6.54 Å². The van der Waals surface area contributed by atoms with E-state index in [1.807, 2.05) is 25.1 Å². The number of benzene rings is 1. The molecule has 3 aromatic heterocycles. The number of rotatable bonds is 3. The maximum Gasteiger partial charge on any atom is 0.272 e. The minimum atomic E-state index is -0.534. The van der Waals surface area contributed by atoms with Crippen LogP contribution in [-0.4, -0.2) is 53.9 Å². The quantitative estimate of drug-likeness (QED) is 0.471. The van der Waals surface area contributed by atoms with Gasteiger partial charge < -0.3 is 14.8 Å². The number of carbonyl (C=O) groups is 2. The lowest BCUT2D eigenvalue weighted by atomic mass is 9.98. The molecule has 178 valence electrons. The largest absolute Gasteiger partial charge is 0.350 e. The molecule has 0 saturated heterocycles. The van der Waals surface area contributed by atoms with E-state index in [4.69, 9.17) is 16.7 Å². The first-order chi connectivity index (χ1) is 16.9. The van der Waals surface area contributed by atoms with Gasteiger partial charge in [0, 0.05) is 41.7 Å². The van der Waals surface area contributed by atoms with Crippen LogP contribution in [0.4, 0.5) is 4.39 Å².